The van der Waals surface area contributed by atoms with E-state index >= 15 is 0 Å². The number of ether oxygens (including phenoxy) is 1. The summed E-state index contributed by atoms with van der Waals surface area (Å²) in [5.74, 6) is 0. The maximum atomic E-state index is 5.95. The Bertz CT molecular complexity index is 218. The van der Waals surface area contributed by atoms with E-state index in [4.69, 9.17) is 10.5 Å². The molecule has 2 saturated heterocycles. The lowest BCUT2D eigenvalue weighted by Crippen LogP contribution is -2.59. The van der Waals surface area contributed by atoms with Crippen LogP contribution >= 0.6 is 0 Å². The van der Waals surface area contributed by atoms with E-state index in [9.17, 15) is 0 Å². The van der Waals surface area contributed by atoms with Gasteiger partial charge in [-0.15, -0.1) is 0 Å². The van der Waals surface area contributed by atoms with Crippen molar-refractivity contribution in [2.24, 2.45) is 5.73 Å². The molecular formula is C12H25N3O. The molecule has 0 aromatic carbocycles. The fourth-order valence-corrected chi connectivity index (χ4v) is 3.05. The second-order valence-electron chi connectivity index (χ2n) is 5.20. The van der Waals surface area contributed by atoms with Crippen LogP contribution in [-0.2, 0) is 4.74 Å². The SMILES string of the molecule is CC1CN(C)CCN1C(CN)C1CCCO1. The summed E-state index contributed by atoms with van der Waals surface area (Å²) in [6.45, 7) is 7.35. The first kappa shape index (κ1) is 12.3. The molecule has 0 saturated carbocycles. The molecule has 2 aliphatic rings. The normalized spacial score (nSPS) is 35.4. The molecule has 2 aliphatic heterocycles. The first-order chi connectivity index (χ1) is 7.72. The van der Waals surface area contributed by atoms with Crippen LogP contribution in [0.3, 0.4) is 0 Å². The molecule has 2 N–H and O–H groups in total. The standard InChI is InChI=1S/C12H25N3O/c1-10-9-14(2)5-6-15(10)11(8-13)12-4-3-7-16-12/h10-12H,3-9,13H2,1-2H3. The molecule has 16 heavy (non-hydrogen) atoms. The first-order valence-electron chi connectivity index (χ1n) is 6.48. The zero-order chi connectivity index (χ0) is 11.5. The molecular weight excluding hydrogens is 202 g/mol. The summed E-state index contributed by atoms with van der Waals surface area (Å²) in [4.78, 5) is 4.94. The highest BCUT2D eigenvalue weighted by atomic mass is 16.5. The van der Waals surface area contributed by atoms with E-state index in [-0.39, 0.29) is 0 Å². The van der Waals surface area contributed by atoms with E-state index in [1.54, 1.807) is 0 Å². The number of nitrogens with two attached hydrogens (primary N) is 1. The van der Waals surface area contributed by atoms with E-state index in [0.29, 0.717) is 18.2 Å². The lowest BCUT2D eigenvalue weighted by molar-refractivity contribution is -0.0138. The van der Waals surface area contributed by atoms with Crippen molar-refractivity contribution in [3.05, 3.63) is 0 Å². The lowest BCUT2D eigenvalue weighted by Gasteiger charge is -2.44. The maximum Gasteiger partial charge on any atom is 0.0743 e. The van der Waals surface area contributed by atoms with Crippen LogP contribution in [0.15, 0.2) is 0 Å². The van der Waals surface area contributed by atoms with Gasteiger partial charge in [0, 0.05) is 44.9 Å². The van der Waals surface area contributed by atoms with E-state index in [2.05, 4.69) is 23.8 Å². The van der Waals surface area contributed by atoms with Crippen molar-refractivity contribution in [2.75, 3.05) is 39.8 Å². The van der Waals surface area contributed by atoms with Crippen LogP contribution in [-0.4, -0.2) is 67.8 Å². The molecule has 4 heteroatoms. The topological polar surface area (TPSA) is 41.7 Å². The fraction of sp³-hybridized carbons (Fsp3) is 1.00. The monoisotopic (exact) mass is 227 g/mol. The third-order valence-corrected chi connectivity index (χ3v) is 3.94. The molecule has 0 bridgehead atoms. The highest BCUT2D eigenvalue weighted by Gasteiger charge is 2.34. The molecule has 0 radical (unpaired) electrons. The summed E-state index contributed by atoms with van der Waals surface area (Å²) in [5.41, 5.74) is 5.95. The van der Waals surface area contributed by atoms with Gasteiger partial charge in [0.2, 0.25) is 0 Å². The predicted octanol–water partition coefficient (Wildman–Crippen LogP) is 0.129. The largest absolute Gasteiger partial charge is 0.377 e. The van der Waals surface area contributed by atoms with Gasteiger partial charge in [-0.25, -0.2) is 0 Å². The van der Waals surface area contributed by atoms with Gasteiger partial charge >= 0.3 is 0 Å². The second-order valence-corrected chi connectivity index (χ2v) is 5.20. The van der Waals surface area contributed by atoms with Crippen LogP contribution < -0.4 is 5.73 Å². The van der Waals surface area contributed by atoms with E-state index in [0.717, 1.165) is 32.8 Å². The quantitative estimate of drug-likeness (QED) is 0.744. The number of hydrogen-bond acceptors (Lipinski definition) is 4. The third-order valence-electron chi connectivity index (χ3n) is 3.94. The Balaban J connectivity index is 1.97. The summed E-state index contributed by atoms with van der Waals surface area (Å²) in [6, 6.07) is 1.02. The van der Waals surface area contributed by atoms with Gasteiger partial charge in [-0.2, -0.15) is 0 Å². The van der Waals surface area contributed by atoms with Crippen molar-refractivity contribution in [2.45, 2.75) is 38.0 Å². The molecule has 4 nitrogen and oxygen atoms in total. The molecule has 0 aromatic rings. The smallest absolute Gasteiger partial charge is 0.0743 e. The Morgan fingerprint density at radius 1 is 1.44 bits per heavy atom. The van der Waals surface area contributed by atoms with Crippen LogP contribution in [0.5, 0.6) is 0 Å². The van der Waals surface area contributed by atoms with Gasteiger partial charge in [-0.3, -0.25) is 4.90 Å². The molecule has 0 aromatic heterocycles. The average Bonchev–Trinajstić information content (AvgIpc) is 2.75. The van der Waals surface area contributed by atoms with Gasteiger partial charge in [0.15, 0.2) is 0 Å². The van der Waals surface area contributed by atoms with Gasteiger partial charge in [-0.05, 0) is 26.8 Å². The minimum atomic E-state index is 0.371. The minimum Gasteiger partial charge on any atom is -0.377 e. The van der Waals surface area contributed by atoms with Gasteiger partial charge in [0.1, 0.15) is 0 Å². The molecule has 94 valence electrons. The fourth-order valence-electron chi connectivity index (χ4n) is 3.05. The number of piperazine rings is 1. The molecule has 3 atom stereocenters. The summed E-state index contributed by atoms with van der Waals surface area (Å²) < 4.78 is 5.80. The predicted molar refractivity (Wildman–Crippen MR) is 65.5 cm³/mol. The molecule has 3 unspecified atom stereocenters. The van der Waals surface area contributed by atoms with Crippen LogP contribution in [0.4, 0.5) is 0 Å². The van der Waals surface area contributed by atoms with Crippen molar-refractivity contribution < 1.29 is 4.74 Å². The summed E-state index contributed by atoms with van der Waals surface area (Å²) in [7, 11) is 2.19. The Kier molecular flexibility index (Phi) is 4.19. The van der Waals surface area contributed by atoms with Crippen molar-refractivity contribution >= 4 is 0 Å². The second kappa shape index (κ2) is 5.45. The third kappa shape index (κ3) is 2.56. The number of nitrogens with zero attached hydrogens (tertiary/aromatic N) is 2. The van der Waals surface area contributed by atoms with Crippen LogP contribution in [0.1, 0.15) is 19.8 Å². The Morgan fingerprint density at radius 3 is 2.81 bits per heavy atom. The number of hydrogen-bond donors (Lipinski definition) is 1. The zero-order valence-electron chi connectivity index (χ0n) is 10.6. The maximum absolute atomic E-state index is 5.95. The summed E-state index contributed by atoms with van der Waals surface area (Å²) in [5, 5.41) is 0. The van der Waals surface area contributed by atoms with Gasteiger partial charge in [0.05, 0.1) is 6.10 Å². The van der Waals surface area contributed by atoms with E-state index in [1.165, 1.54) is 12.8 Å². The lowest BCUT2D eigenvalue weighted by atomic mass is 10.0. The minimum absolute atomic E-state index is 0.371. The number of likely N-dealkylation sites (N-methyl/N-ethyl adjacent to an activating group) is 1. The number of rotatable bonds is 3. The highest BCUT2D eigenvalue weighted by molar-refractivity contribution is 4.89. The van der Waals surface area contributed by atoms with Crippen LogP contribution in [0.2, 0.25) is 0 Å². The van der Waals surface area contributed by atoms with Crippen LogP contribution in [0.25, 0.3) is 0 Å². The van der Waals surface area contributed by atoms with Gasteiger partial charge < -0.3 is 15.4 Å². The zero-order valence-corrected chi connectivity index (χ0v) is 10.6. The van der Waals surface area contributed by atoms with Crippen molar-refractivity contribution in [1.29, 1.82) is 0 Å². The summed E-state index contributed by atoms with van der Waals surface area (Å²) in [6.07, 6.45) is 2.75. The molecule has 2 rings (SSSR count). The Labute approximate surface area is 98.7 Å². The van der Waals surface area contributed by atoms with E-state index < -0.39 is 0 Å². The molecule has 0 spiro atoms. The van der Waals surface area contributed by atoms with Gasteiger partial charge in [-0.1, -0.05) is 0 Å². The van der Waals surface area contributed by atoms with Crippen molar-refractivity contribution in [3.8, 4) is 0 Å². The van der Waals surface area contributed by atoms with Crippen molar-refractivity contribution in [3.63, 3.8) is 0 Å². The molecule has 2 fully saturated rings. The highest BCUT2D eigenvalue weighted by Crippen LogP contribution is 2.22. The summed E-state index contributed by atoms with van der Waals surface area (Å²) >= 11 is 0. The van der Waals surface area contributed by atoms with Gasteiger partial charge in [0.25, 0.3) is 0 Å². The van der Waals surface area contributed by atoms with Crippen molar-refractivity contribution in [1.82, 2.24) is 9.80 Å². The Morgan fingerprint density at radius 2 is 2.25 bits per heavy atom. The Hall–Kier alpha value is -0.160. The van der Waals surface area contributed by atoms with E-state index in [1.807, 2.05) is 0 Å². The molecule has 0 aliphatic carbocycles. The average molecular weight is 227 g/mol. The first-order valence-corrected chi connectivity index (χ1v) is 6.48. The van der Waals surface area contributed by atoms with Crippen LogP contribution in [0, 0.1) is 0 Å². The molecule has 0 amide bonds. The molecule has 2 heterocycles.